The van der Waals surface area contributed by atoms with Gasteiger partial charge in [-0.15, -0.1) is 0 Å². The number of sulfonamides is 1. The lowest BCUT2D eigenvalue weighted by Crippen LogP contribution is -2.27. The van der Waals surface area contributed by atoms with Crippen molar-refractivity contribution >= 4 is 42.6 Å². The molecule has 0 unspecified atom stereocenters. The van der Waals surface area contributed by atoms with Gasteiger partial charge in [-0.05, 0) is 59.7 Å². The summed E-state index contributed by atoms with van der Waals surface area (Å²) in [5.74, 6) is -1.41. The zero-order valence-corrected chi connectivity index (χ0v) is 21.9. The fourth-order valence-corrected chi connectivity index (χ4v) is 7.35. The first-order valence-electron chi connectivity index (χ1n) is 11.2. The molecule has 1 aromatic heterocycles. The lowest BCUT2D eigenvalue weighted by molar-refractivity contribution is 0.565. The van der Waals surface area contributed by atoms with E-state index < -0.39 is 36.7 Å². The summed E-state index contributed by atoms with van der Waals surface area (Å²) in [7, 11) is -8.62. The molecule has 0 saturated carbocycles. The second kappa shape index (κ2) is 9.95. The third kappa shape index (κ3) is 4.95. The first kappa shape index (κ1) is 26.1. The molecule has 6 nitrogen and oxygen atoms in total. The van der Waals surface area contributed by atoms with Gasteiger partial charge >= 0.3 is 0 Å². The highest BCUT2D eigenvalue weighted by atomic mass is 35.5. The molecular formula is C27H19ClF2N2O4S2. The van der Waals surface area contributed by atoms with Crippen LogP contribution in [0.1, 0.15) is 5.56 Å². The highest BCUT2D eigenvalue weighted by Crippen LogP contribution is 2.30. The largest absolute Gasteiger partial charge is 0.269 e. The van der Waals surface area contributed by atoms with E-state index in [1.807, 2.05) is 0 Å². The second-order valence-electron chi connectivity index (χ2n) is 8.41. The number of hydrogen-bond acceptors (Lipinski definition) is 4. The smallest absolute Gasteiger partial charge is 0.221 e. The minimum absolute atomic E-state index is 0.0764. The summed E-state index contributed by atoms with van der Waals surface area (Å²) in [6.45, 7) is -0.165. The molecule has 0 fully saturated rings. The topological polar surface area (TPSA) is 85.2 Å². The van der Waals surface area contributed by atoms with Crippen molar-refractivity contribution in [2.75, 3.05) is 0 Å². The second-order valence-corrected chi connectivity index (χ2v) is 12.4. The first-order valence-corrected chi connectivity index (χ1v) is 14.5. The van der Waals surface area contributed by atoms with E-state index in [1.54, 1.807) is 42.5 Å². The maximum absolute atomic E-state index is 14.1. The molecule has 0 saturated heterocycles. The number of fused-ring (bicyclic) bond motifs is 1. The molecule has 194 valence electrons. The Labute approximate surface area is 223 Å². The number of halogens is 3. The lowest BCUT2D eigenvalue weighted by Gasteiger charge is -2.13. The summed E-state index contributed by atoms with van der Waals surface area (Å²) in [6, 6.07) is 22.8. The number of benzene rings is 4. The molecule has 1 heterocycles. The Morgan fingerprint density at radius 2 is 1.50 bits per heavy atom. The average molecular weight is 573 g/mol. The fraction of sp³-hybridized carbons (Fsp3) is 0.0370. The Kier molecular flexibility index (Phi) is 6.83. The molecular weight excluding hydrogens is 554 g/mol. The van der Waals surface area contributed by atoms with E-state index in [1.165, 1.54) is 42.5 Å². The Hall–Kier alpha value is -3.57. The molecule has 0 radical (unpaired) electrons. The van der Waals surface area contributed by atoms with Gasteiger partial charge in [-0.1, -0.05) is 54.1 Å². The summed E-state index contributed by atoms with van der Waals surface area (Å²) >= 11 is 6.08. The van der Waals surface area contributed by atoms with Crippen LogP contribution in [0.3, 0.4) is 0 Å². The van der Waals surface area contributed by atoms with Crippen LogP contribution in [0.15, 0.2) is 107 Å². The molecule has 11 heteroatoms. The highest BCUT2D eigenvalue weighted by molar-refractivity contribution is 7.92. The molecule has 1 N–H and O–H groups in total. The molecule has 5 rings (SSSR count). The van der Waals surface area contributed by atoms with Gasteiger partial charge < -0.3 is 0 Å². The van der Waals surface area contributed by atoms with Crippen LogP contribution in [0.5, 0.6) is 0 Å². The van der Waals surface area contributed by atoms with E-state index in [0.717, 1.165) is 16.1 Å². The van der Waals surface area contributed by atoms with Crippen molar-refractivity contribution in [3.05, 3.63) is 119 Å². The van der Waals surface area contributed by atoms with Crippen LogP contribution in [0.2, 0.25) is 5.02 Å². The Balaban J connectivity index is 1.49. The van der Waals surface area contributed by atoms with Crippen LogP contribution >= 0.6 is 11.6 Å². The maximum Gasteiger partial charge on any atom is 0.269 e. The van der Waals surface area contributed by atoms with E-state index in [9.17, 15) is 25.6 Å². The van der Waals surface area contributed by atoms with E-state index in [2.05, 4.69) is 4.72 Å². The summed E-state index contributed by atoms with van der Waals surface area (Å²) in [5, 5.41) is 0.188. The minimum atomic E-state index is -4.34. The number of nitrogens with one attached hydrogen (secondary N) is 1. The Bertz CT molecular complexity index is 1870. The molecule has 0 atom stereocenters. The molecule has 0 amide bonds. The van der Waals surface area contributed by atoms with Gasteiger partial charge in [0, 0.05) is 28.6 Å². The van der Waals surface area contributed by atoms with Crippen molar-refractivity contribution in [3.63, 3.8) is 0 Å². The SMILES string of the molecule is O=S(=O)(NCc1ccc(-c2ccc(F)cc2F)cc1)c1cc2cc(Cl)ccc2n1S(=O)(=O)c1ccccc1. The third-order valence-corrected chi connectivity index (χ3v) is 9.37. The molecule has 0 aliphatic heterocycles. The van der Waals surface area contributed by atoms with Gasteiger partial charge in [-0.25, -0.2) is 34.3 Å². The van der Waals surface area contributed by atoms with Crippen molar-refractivity contribution in [1.29, 1.82) is 0 Å². The minimum Gasteiger partial charge on any atom is -0.221 e. The summed E-state index contributed by atoms with van der Waals surface area (Å²) in [5.41, 5.74) is 1.38. The van der Waals surface area contributed by atoms with Gasteiger partial charge in [0.25, 0.3) is 20.0 Å². The van der Waals surface area contributed by atoms with E-state index >= 15 is 0 Å². The molecule has 5 aromatic rings. The van der Waals surface area contributed by atoms with Crippen LogP contribution in [0.4, 0.5) is 8.78 Å². The molecule has 0 bridgehead atoms. The molecule has 0 aliphatic rings. The third-order valence-electron chi connectivity index (χ3n) is 5.91. The zero-order valence-electron chi connectivity index (χ0n) is 19.5. The lowest BCUT2D eigenvalue weighted by atomic mass is 10.0. The van der Waals surface area contributed by atoms with Gasteiger partial charge in [0.05, 0.1) is 10.4 Å². The quantitative estimate of drug-likeness (QED) is 0.261. The maximum atomic E-state index is 14.1. The van der Waals surface area contributed by atoms with Crippen LogP contribution < -0.4 is 4.72 Å². The molecule has 4 aromatic carbocycles. The highest BCUT2D eigenvalue weighted by Gasteiger charge is 2.29. The van der Waals surface area contributed by atoms with Gasteiger partial charge in [-0.3, -0.25) is 0 Å². The first-order chi connectivity index (χ1) is 18.1. The van der Waals surface area contributed by atoms with Crippen molar-refractivity contribution in [1.82, 2.24) is 8.69 Å². The van der Waals surface area contributed by atoms with Crippen molar-refractivity contribution in [2.45, 2.75) is 16.5 Å². The summed E-state index contributed by atoms with van der Waals surface area (Å²) in [4.78, 5) is -0.0764. The number of nitrogens with zero attached hydrogens (tertiary/aromatic N) is 1. The van der Waals surface area contributed by atoms with Crippen LogP contribution in [-0.4, -0.2) is 20.8 Å². The van der Waals surface area contributed by atoms with Gasteiger partial charge in [0.1, 0.15) is 11.6 Å². The predicted molar refractivity (Wildman–Crippen MR) is 142 cm³/mol. The zero-order chi connectivity index (χ0) is 27.1. The Morgan fingerprint density at radius 3 is 2.18 bits per heavy atom. The van der Waals surface area contributed by atoms with E-state index in [4.69, 9.17) is 11.6 Å². The van der Waals surface area contributed by atoms with Crippen molar-refractivity contribution in [2.24, 2.45) is 0 Å². The Morgan fingerprint density at radius 1 is 0.789 bits per heavy atom. The van der Waals surface area contributed by atoms with Gasteiger partial charge in [-0.2, -0.15) is 0 Å². The monoisotopic (exact) mass is 572 g/mol. The van der Waals surface area contributed by atoms with Crippen molar-refractivity contribution < 1.29 is 25.6 Å². The predicted octanol–water partition coefficient (Wildman–Crippen LogP) is 5.96. The number of hydrogen-bond donors (Lipinski definition) is 1. The normalized spacial score (nSPS) is 12.2. The van der Waals surface area contributed by atoms with E-state index in [0.29, 0.717) is 21.5 Å². The van der Waals surface area contributed by atoms with E-state index in [-0.39, 0.29) is 22.5 Å². The summed E-state index contributed by atoms with van der Waals surface area (Å²) < 4.78 is 84.4. The number of aromatic nitrogens is 1. The molecule has 0 spiro atoms. The van der Waals surface area contributed by atoms with Gasteiger partial charge in [0.2, 0.25) is 0 Å². The van der Waals surface area contributed by atoms with Crippen LogP contribution in [0.25, 0.3) is 22.0 Å². The number of rotatable bonds is 7. The fourth-order valence-electron chi connectivity index (χ4n) is 4.05. The molecule has 0 aliphatic carbocycles. The standard InChI is InChI=1S/C27H19ClF2N2O4S2/c28-21-10-13-26-20(14-21)15-27(32(26)38(35,36)23-4-2-1-3-5-23)37(33,34)31-17-18-6-8-19(9-7-18)24-12-11-22(29)16-25(24)30/h1-16,31H,17H2. The van der Waals surface area contributed by atoms with Crippen LogP contribution in [-0.2, 0) is 26.6 Å². The molecule has 38 heavy (non-hydrogen) atoms. The average Bonchev–Trinajstić information content (AvgIpc) is 3.29. The van der Waals surface area contributed by atoms with Crippen LogP contribution in [0, 0.1) is 11.6 Å². The van der Waals surface area contributed by atoms with Gasteiger partial charge in [0.15, 0.2) is 5.03 Å². The van der Waals surface area contributed by atoms with Crippen molar-refractivity contribution in [3.8, 4) is 11.1 Å². The summed E-state index contributed by atoms with van der Waals surface area (Å²) in [6.07, 6.45) is 0.